The summed E-state index contributed by atoms with van der Waals surface area (Å²) in [6, 6.07) is 7.74. The molecule has 5 heteroatoms. The molecule has 2 rings (SSSR count). The highest BCUT2D eigenvalue weighted by atomic mass is 16.5. The number of benzene rings is 1. The van der Waals surface area contributed by atoms with E-state index in [1.165, 1.54) is 0 Å². The zero-order chi connectivity index (χ0) is 17.7. The third-order valence-electron chi connectivity index (χ3n) is 4.36. The van der Waals surface area contributed by atoms with Crippen molar-refractivity contribution >= 4 is 5.91 Å². The average Bonchev–Trinajstić information content (AvgIpc) is 2.89. The number of amides is 1. The molecular formula is C19H26N2O3. The average molecular weight is 330 g/mol. The van der Waals surface area contributed by atoms with Crippen LogP contribution in [0.2, 0.25) is 0 Å². The largest absolute Gasteiger partial charge is 0.387 e. The van der Waals surface area contributed by atoms with Crippen molar-refractivity contribution in [2.24, 2.45) is 0 Å². The summed E-state index contributed by atoms with van der Waals surface area (Å²) in [6.45, 7) is 8.55. The van der Waals surface area contributed by atoms with Crippen molar-refractivity contribution < 1.29 is 14.4 Å². The lowest BCUT2D eigenvalue weighted by atomic mass is 10.1. The number of carbonyl (C=O) groups is 1. The van der Waals surface area contributed by atoms with Crippen LogP contribution < -0.4 is 0 Å². The molecule has 1 atom stereocenters. The number of aryl methyl sites for hydroxylation is 3. The topological polar surface area (TPSA) is 66.6 Å². The van der Waals surface area contributed by atoms with Gasteiger partial charge in [-0.05, 0) is 39.7 Å². The second-order valence-electron chi connectivity index (χ2n) is 6.16. The van der Waals surface area contributed by atoms with Gasteiger partial charge in [0, 0.05) is 18.5 Å². The van der Waals surface area contributed by atoms with E-state index in [4.69, 9.17) is 4.52 Å². The molecule has 24 heavy (non-hydrogen) atoms. The number of likely N-dealkylation sites (N-methyl/N-ethyl adjacent to an activating group) is 1. The molecule has 0 saturated carbocycles. The lowest BCUT2D eigenvalue weighted by Crippen LogP contribution is -2.34. The minimum atomic E-state index is -0.673. The van der Waals surface area contributed by atoms with Gasteiger partial charge in [0.2, 0.25) is 5.91 Å². The highest BCUT2D eigenvalue weighted by Crippen LogP contribution is 2.18. The molecule has 0 aliphatic carbocycles. The first-order chi connectivity index (χ1) is 11.4. The molecule has 130 valence electrons. The maximum Gasteiger partial charge on any atom is 0.222 e. The van der Waals surface area contributed by atoms with Gasteiger partial charge in [-0.25, -0.2) is 0 Å². The number of rotatable bonds is 7. The minimum absolute atomic E-state index is 0.0312. The van der Waals surface area contributed by atoms with Crippen LogP contribution >= 0.6 is 0 Å². The molecule has 2 aromatic rings. The Morgan fingerprint density at radius 2 is 1.92 bits per heavy atom. The van der Waals surface area contributed by atoms with Crippen molar-refractivity contribution in [2.45, 2.75) is 46.6 Å². The maximum absolute atomic E-state index is 12.5. The molecule has 1 amide bonds. The van der Waals surface area contributed by atoms with Gasteiger partial charge in [0.05, 0.1) is 18.3 Å². The molecule has 0 saturated heterocycles. The lowest BCUT2D eigenvalue weighted by Gasteiger charge is -2.24. The zero-order valence-corrected chi connectivity index (χ0v) is 14.9. The van der Waals surface area contributed by atoms with E-state index < -0.39 is 6.10 Å². The molecule has 1 aromatic heterocycles. The number of aliphatic hydroxyl groups excluding tert-OH is 1. The number of hydrogen-bond acceptors (Lipinski definition) is 4. The lowest BCUT2D eigenvalue weighted by molar-refractivity contribution is -0.132. The molecule has 0 aliphatic heterocycles. The summed E-state index contributed by atoms with van der Waals surface area (Å²) in [4.78, 5) is 14.2. The summed E-state index contributed by atoms with van der Waals surface area (Å²) < 4.78 is 5.13. The first kappa shape index (κ1) is 18.2. The van der Waals surface area contributed by atoms with E-state index in [0.717, 1.165) is 28.1 Å². The van der Waals surface area contributed by atoms with E-state index in [1.54, 1.807) is 4.90 Å². The Balaban J connectivity index is 1.94. The van der Waals surface area contributed by atoms with E-state index in [0.29, 0.717) is 25.9 Å². The smallest absolute Gasteiger partial charge is 0.222 e. The molecule has 0 bridgehead atoms. The first-order valence-corrected chi connectivity index (χ1v) is 8.36. The monoisotopic (exact) mass is 330 g/mol. The fourth-order valence-corrected chi connectivity index (χ4v) is 2.76. The van der Waals surface area contributed by atoms with Gasteiger partial charge in [0.25, 0.3) is 0 Å². The number of aromatic nitrogens is 1. The third kappa shape index (κ3) is 4.45. The van der Waals surface area contributed by atoms with Crippen molar-refractivity contribution in [3.8, 4) is 0 Å². The summed E-state index contributed by atoms with van der Waals surface area (Å²) >= 11 is 0. The number of nitrogens with zero attached hydrogens (tertiary/aromatic N) is 2. The fourth-order valence-electron chi connectivity index (χ4n) is 2.76. The summed E-state index contributed by atoms with van der Waals surface area (Å²) in [7, 11) is 0. The van der Waals surface area contributed by atoms with Gasteiger partial charge in [-0.1, -0.05) is 35.0 Å². The summed E-state index contributed by atoms with van der Waals surface area (Å²) in [6.07, 6.45) is 0.322. The quantitative estimate of drug-likeness (QED) is 0.847. The number of aliphatic hydroxyl groups is 1. The van der Waals surface area contributed by atoms with Crippen molar-refractivity contribution in [1.82, 2.24) is 10.1 Å². The second kappa shape index (κ2) is 8.11. The normalized spacial score (nSPS) is 12.2. The van der Waals surface area contributed by atoms with Gasteiger partial charge in [0.15, 0.2) is 0 Å². The Labute approximate surface area is 143 Å². The predicted octanol–water partition coefficient (Wildman–Crippen LogP) is 3.11. The van der Waals surface area contributed by atoms with Crippen LogP contribution in [-0.4, -0.2) is 34.2 Å². The third-order valence-corrected chi connectivity index (χ3v) is 4.36. The van der Waals surface area contributed by atoms with Crippen molar-refractivity contribution in [3.05, 3.63) is 52.4 Å². The van der Waals surface area contributed by atoms with Crippen LogP contribution in [0.3, 0.4) is 0 Å². The molecule has 0 fully saturated rings. The molecule has 1 heterocycles. The number of hydrogen-bond donors (Lipinski definition) is 1. The maximum atomic E-state index is 12.5. The highest BCUT2D eigenvalue weighted by Gasteiger charge is 2.18. The Morgan fingerprint density at radius 3 is 2.46 bits per heavy atom. The Hall–Kier alpha value is -2.14. The van der Waals surface area contributed by atoms with Gasteiger partial charge in [-0.15, -0.1) is 0 Å². The van der Waals surface area contributed by atoms with Gasteiger partial charge >= 0.3 is 0 Å². The minimum Gasteiger partial charge on any atom is -0.387 e. The van der Waals surface area contributed by atoms with E-state index >= 15 is 0 Å². The van der Waals surface area contributed by atoms with Crippen molar-refractivity contribution in [3.63, 3.8) is 0 Å². The summed E-state index contributed by atoms with van der Waals surface area (Å²) in [5, 5.41) is 14.3. The second-order valence-corrected chi connectivity index (χ2v) is 6.16. The van der Waals surface area contributed by atoms with E-state index in [2.05, 4.69) is 5.16 Å². The zero-order valence-electron chi connectivity index (χ0n) is 14.9. The molecule has 0 radical (unpaired) electrons. The van der Waals surface area contributed by atoms with Crippen molar-refractivity contribution in [2.75, 3.05) is 13.1 Å². The molecular weight excluding hydrogens is 304 g/mol. The fraction of sp³-hybridized carbons (Fsp3) is 0.474. The van der Waals surface area contributed by atoms with Gasteiger partial charge in [-0.2, -0.15) is 0 Å². The summed E-state index contributed by atoms with van der Waals surface area (Å²) in [5.41, 5.74) is 3.81. The molecule has 0 aliphatic rings. The Bertz CT molecular complexity index is 657. The predicted molar refractivity (Wildman–Crippen MR) is 92.7 cm³/mol. The van der Waals surface area contributed by atoms with Gasteiger partial charge in [0.1, 0.15) is 5.76 Å². The Morgan fingerprint density at radius 1 is 1.25 bits per heavy atom. The van der Waals surface area contributed by atoms with Crippen LogP contribution in [0.25, 0.3) is 0 Å². The van der Waals surface area contributed by atoms with Crippen LogP contribution in [0.4, 0.5) is 0 Å². The Kier molecular flexibility index (Phi) is 6.15. The molecule has 5 nitrogen and oxygen atoms in total. The SMILES string of the molecule is CCN(CC(O)c1ccc(C)cc1)C(=O)CCc1c(C)noc1C. The molecule has 0 spiro atoms. The van der Waals surface area contributed by atoms with E-state index in [9.17, 15) is 9.90 Å². The van der Waals surface area contributed by atoms with Gasteiger partial charge < -0.3 is 14.5 Å². The van der Waals surface area contributed by atoms with Crippen LogP contribution in [0.1, 0.15) is 47.6 Å². The summed E-state index contributed by atoms with van der Waals surface area (Å²) in [5.74, 6) is 0.798. The molecule has 1 N–H and O–H groups in total. The highest BCUT2D eigenvalue weighted by molar-refractivity contribution is 5.76. The van der Waals surface area contributed by atoms with Gasteiger partial charge in [-0.3, -0.25) is 4.79 Å². The van der Waals surface area contributed by atoms with Crippen LogP contribution in [0.15, 0.2) is 28.8 Å². The molecule has 1 unspecified atom stereocenters. The van der Waals surface area contributed by atoms with E-state index in [1.807, 2.05) is 52.0 Å². The van der Waals surface area contributed by atoms with Crippen LogP contribution in [0.5, 0.6) is 0 Å². The van der Waals surface area contributed by atoms with Crippen molar-refractivity contribution in [1.29, 1.82) is 0 Å². The number of carbonyl (C=O) groups excluding carboxylic acids is 1. The molecule has 1 aromatic carbocycles. The van der Waals surface area contributed by atoms with E-state index in [-0.39, 0.29) is 5.91 Å². The standard InChI is InChI=1S/C19H26N2O3/c1-5-21(12-18(22)16-8-6-13(2)7-9-16)19(23)11-10-17-14(3)20-24-15(17)4/h6-9,18,22H,5,10-12H2,1-4H3. The first-order valence-electron chi connectivity index (χ1n) is 8.36. The van der Waals surface area contributed by atoms with Crippen LogP contribution in [0, 0.1) is 20.8 Å². The van der Waals surface area contributed by atoms with Crippen LogP contribution in [-0.2, 0) is 11.2 Å².